The van der Waals surface area contributed by atoms with Gasteiger partial charge in [0.1, 0.15) is 23.5 Å². The minimum absolute atomic E-state index is 0.106. The van der Waals surface area contributed by atoms with E-state index in [1.54, 1.807) is 10.6 Å². The van der Waals surface area contributed by atoms with E-state index in [-0.39, 0.29) is 48.8 Å². The summed E-state index contributed by atoms with van der Waals surface area (Å²) in [5.74, 6) is -1.50. The first-order chi connectivity index (χ1) is 15.9. The zero-order valence-electron chi connectivity index (χ0n) is 17.7. The van der Waals surface area contributed by atoms with Crippen LogP contribution in [0.3, 0.4) is 0 Å². The molecule has 170 valence electrons. The summed E-state index contributed by atoms with van der Waals surface area (Å²) in [5.41, 5.74) is 2.05. The third-order valence-corrected chi connectivity index (χ3v) is 5.67. The molecule has 0 saturated carbocycles. The van der Waals surface area contributed by atoms with Crippen LogP contribution in [0.15, 0.2) is 47.3 Å². The van der Waals surface area contributed by atoms with Crippen LogP contribution in [0.25, 0.3) is 28.4 Å². The Balaban J connectivity index is 1.61. The van der Waals surface area contributed by atoms with E-state index in [2.05, 4.69) is 9.97 Å². The van der Waals surface area contributed by atoms with Gasteiger partial charge in [0.2, 0.25) is 5.89 Å². The van der Waals surface area contributed by atoms with Gasteiger partial charge in [0.15, 0.2) is 0 Å². The number of carbonyl (C=O) groups is 1. The van der Waals surface area contributed by atoms with E-state index >= 15 is 8.78 Å². The van der Waals surface area contributed by atoms with Crippen LogP contribution >= 0.6 is 0 Å². The van der Waals surface area contributed by atoms with E-state index in [0.29, 0.717) is 11.3 Å². The van der Waals surface area contributed by atoms with Crippen molar-refractivity contribution < 1.29 is 27.8 Å². The molecule has 8 nitrogen and oxygen atoms in total. The van der Waals surface area contributed by atoms with Crippen LogP contribution in [0.4, 0.5) is 13.6 Å². The van der Waals surface area contributed by atoms with Crippen molar-refractivity contribution in [2.75, 3.05) is 19.7 Å². The van der Waals surface area contributed by atoms with Gasteiger partial charge in [-0.05, 0) is 36.8 Å². The molecule has 1 unspecified atom stereocenters. The van der Waals surface area contributed by atoms with Crippen molar-refractivity contribution in [3.05, 3.63) is 65.8 Å². The molecule has 33 heavy (non-hydrogen) atoms. The number of fused-ring (bicyclic) bond motifs is 1. The first-order valence-corrected chi connectivity index (χ1v) is 10.4. The Morgan fingerprint density at radius 3 is 2.76 bits per heavy atom. The second-order valence-electron chi connectivity index (χ2n) is 7.92. The van der Waals surface area contributed by atoms with Crippen molar-refractivity contribution in [1.82, 2.24) is 19.3 Å². The Bertz CT molecular complexity index is 1310. The lowest BCUT2D eigenvalue weighted by atomic mass is 10.0. The predicted molar refractivity (Wildman–Crippen MR) is 114 cm³/mol. The Hall–Kier alpha value is -3.79. The predicted octanol–water partition coefficient (Wildman–Crippen LogP) is 4.16. The first-order valence-electron chi connectivity index (χ1n) is 10.4. The Kier molecular flexibility index (Phi) is 5.29. The standard InChI is InChI=1S/C23H20F2N4O4/c1-13-2-4-29-18(11-15-12-28(23(30)31)5-7-32-15)21(27-19(29)8-13)20-16(24)9-14(10-17(20)25)22-26-3-6-33-22/h2-4,6,8-10,15H,5,7,11-12H2,1H3,(H,30,31). The van der Waals surface area contributed by atoms with Gasteiger partial charge in [-0.25, -0.2) is 23.5 Å². The third kappa shape index (κ3) is 3.93. The molecule has 1 amide bonds. The fourth-order valence-electron chi connectivity index (χ4n) is 4.11. The summed E-state index contributed by atoms with van der Waals surface area (Å²) in [5, 5.41) is 9.34. The molecule has 4 heterocycles. The summed E-state index contributed by atoms with van der Waals surface area (Å²) in [4.78, 5) is 21.2. The second kappa shape index (κ2) is 8.28. The minimum atomic E-state index is -1.03. The molecule has 1 atom stereocenters. The summed E-state index contributed by atoms with van der Waals surface area (Å²) >= 11 is 0. The number of pyridine rings is 1. The zero-order valence-corrected chi connectivity index (χ0v) is 17.7. The van der Waals surface area contributed by atoms with E-state index < -0.39 is 23.8 Å². The number of nitrogens with zero attached hydrogens (tertiary/aromatic N) is 4. The molecule has 1 fully saturated rings. The maximum atomic E-state index is 15.2. The maximum absolute atomic E-state index is 15.2. The number of amides is 1. The van der Waals surface area contributed by atoms with E-state index in [9.17, 15) is 9.90 Å². The number of morpholine rings is 1. The average molecular weight is 454 g/mol. The second-order valence-corrected chi connectivity index (χ2v) is 7.92. The highest BCUT2D eigenvalue weighted by Crippen LogP contribution is 2.34. The molecule has 3 aromatic heterocycles. The molecule has 1 N–H and O–H groups in total. The summed E-state index contributed by atoms with van der Waals surface area (Å²) < 4.78 is 43.2. The summed E-state index contributed by atoms with van der Waals surface area (Å²) in [6.45, 7) is 2.57. The van der Waals surface area contributed by atoms with Gasteiger partial charge in [-0.1, -0.05) is 0 Å². The monoisotopic (exact) mass is 454 g/mol. The first kappa shape index (κ1) is 21.1. The van der Waals surface area contributed by atoms with Gasteiger partial charge >= 0.3 is 6.09 Å². The normalized spacial score (nSPS) is 16.5. The van der Waals surface area contributed by atoms with Gasteiger partial charge in [-0.2, -0.15) is 0 Å². The van der Waals surface area contributed by atoms with Gasteiger partial charge in [0.05, 0.1) is 42.4 Å². The number of hydrogen-bond donors (Lipinski definition) is 1. The number of oxazole rings is 1. The lowest BCUT2D eigenvalue weighted by Crippen LogP contribution is -2.45. The van der Waals surface area contributed by atoms with Crippen molar-refractivity contribution in [2.45, 2.75) is 19.4 Å². The van der Waals surface area contributed by atoms with Crippen LogP contribution < -0.4 is 0 Å². The van der Waals surface area contributed by atoms with Gasteiger partial charge < -0.3 is 23.6 Å². The highest BCUT2D eigenvalue weighted by Gasteiger charge is 2.28. The smallest absolute Gasteiger partial charge is 0.407 e. The lowest BCUT2D eigenvalue weighted by Gasteiger charge is -2.31. The van der Waals surface area contributed by atoms with Crippen LogP contribution in [0.2, 0.25) is 0 Å². The zero-order chi connectivity index (χ0) is 23.1. The van der Waals surface area contributed by atoms with Crippen molar-refractivity contribution >= 4 is 11.7 Å². The quantitative estimate of drug-likeness (QED) is 0.498. The number of imidazole rings is 1. The highest BCUT2D eigenvalue weighted by molar-refractivity contribution is 5.71. The molecule has 0 bridgehead atoms. The van der Waals surface area contributed by atoms with Crippen LogP contribution in [-0.2, 0) is 11.2 Å². The molecule has 10 heteroatoms. The topological polar surface area (TPSA) is 93.1 Å². The van der Waals surface area contributed by atoms with E-state index in [1.165, 1.54) is 17.4 Å². The van der Waals surface area contributed by atoms with Crippen molar-refractivity contribution in [2.24, 2.45) is 0 Å². The van der Waals surface area contributed by atoms with Gasteiger partial charge in [0.25, 0.3) is 0 Å². The van der Waals surface area contributed by atoms with Crippen molar-refractivity contribution in [3.63, 3.8) is 0 Å². The SMILES string of the molecule is Cc1ccn2c(CC3CN(C(=O)O)CCO3)c(-c3c(F)cc(-c4ncco4)cc3F)nc2c1. The van der Waals surface area contributed by atoms with E-state index in [1.807, 2.05) is 19.1 Å². The molecular weight excluding hydrogens is 434 g/mol. The van der Waals surface area contributed by atoms with Crippen LogP contribution in [-0.4, -0.2) is 56.3 Å². The highest BCUT2D eigenvalue weighted by atomic mass is 19.1. The number of ether oxygens (including phenoxy) is 1. The Morgan fingerprint density at radius 2 is 2.06 bits per heavy atom. The minimum Gasteiger partial charge on any atom is -0.465 e. The molecule has 1 aliphatic rings. The molecule has 0 aliphatic carbocycles. The van der Waals surface area contributed by atoms with Gasteiger partial charge in [-0.15, -0.1) is 0 Å². The Morgan fingerprint density at radius 1 is 1.27 bits per heavy atom. The number of rotatable bonds is 4. The fraction of sp³-hybridized carbons (Fsp3) is 0.261. The maximum Gasteiger partial charge on any atom is 0.407 e. The van der Waals surface area contributed by atoms with E-state index in [4.69, 9.17) is 9.15 Å². The van der Waals surface area contributed by atoms with Gasteiger partial charge in [-0.3, -0.25) is 0 Å². The molecule has 1 saturated heterocycles. The number of hydrogen-bond acceptors (Lipinski definition) is 5. The molecule has 1 aliphatic heterocycles. The van der Waals surface area contributed by atoms with Crippen molar-refractivity contribution in [1.29, 1.82) is 0 Å². The van der Waals surface area contributed by atoms with Crippen LogP contribution in [0.1, 0.15) is 11.3 Å². The van der Waals surface area contributed by atoms with Crippen molar-refractivity contribution in [3.8, 4) is 22.7 Å². The largest absolute Gasteiger partial charge is 0.465 e. The number of aromatic nitrogens is 3. The number of halogens is 2. The number of aryl methyl sites for hydroxylation is 1. The average Bonchev–Trinajstić information content (AvgIpc) is 3.42. The molecule has 1 aromatic carbocycles. The van der Waals surface area contributed by atoms with E-state index in [0.717, 1.165) is 17.7 Å². The third-order valence-electron chi connectivity index (χ3n) is 5.67. The molecule has 0 radical (unpaired) electrons. The summed E-state index contributed by atoms with van der Waals surface area (Å²) in [6, 6.07) is 6.00. The lowest BCUT2D eigenvalue weighted by molar-refractivity contribution is -0.0214. The van der Waals surface area contributed by atoms with Crippen LogP contribution in [0.5, 0.6) is 0 Å². The molecule has 5 rings (SSSR count). The van der Waals surface area contributed by atoms with Gasteiger partial charge in [0, 0.05) is 24.7 Å². The summed E-state index contributed by atoms with van der Waals surface area (Å²) in [6.07, 6.45) is 3.22. The number of benzene rings is 1. The fourth-order valence-corrected chi connectivity index (χ4v) is 4.11. The van der Waals surface area contributed by atoms with Crippen LogP contribution in [0, 0.1) is 18.6 Å². The molecular formula is C23H20F2N4O4. The molecule has 0 spiro atoms. The Labute approximate surface area is 187 Å². The molecule has 4 aromatic rings. The number of carboxylic acid groups (broad SMARTS) is 1. The summed E-state index contributed by atoms with van der Waals surface area (Å²) in [7, 11) is 0.